The molecule has 1 N–H and O–H groups in total. The fourth-order valence-electron chi connectivity index (χ4n) is 1.97. The number of rotatable bonds is 4. The maximum Gasteiger partial charge on any atom is 0.272 e. The van der Waals surface area contributed by atoms with Gasteiger partial charge in [0, 0.05) is 23.4 Å². The van der Waals surface area contributed by atoms with Crippen molar-refractivity contribution >= 4 is 11.6 Å². The summed E-state index contributed by atoms with van der Waals surface area (Å²) in [6, 6.07) is 8.06. The molecule has 0 atom stereocenters. The number of nitro benzene ring substituents is 1. The lowest BCUT2D eigenvalue weighted by Gasteiger charge is -2.07. The second kappa shape index (κ2) is 6.13. The van der Waals surface area contributed by atoms with E-state index >= 15 is 0 Å². The van der Waals surface area contributed by atoms with Crippen LogP contribution in [0.1, 0.15) is 27.2 Å². The summed E-state index contributed by atoms with van der Waals surface area (Å²) in [6.07, 6.45) is 1.67. The molecule has 0 saturated heterocycles. The van der Waals surface area contributed by atoms with Gasteiger partial charge in [0.05, 0.1) is 17.2 Å². The Kier molecular flexibility index (Phi) is 4.27. The van der Waals surface area contributed by atoms with Crippen LogP contribution in [0.5, 0.6) is 0 Å². The molecule has 0 fully saturated rings. The Morgan fingerprint density at radius 2 is 2.05 bits per heavy atom. The van der Waals surface area contributed by atoms with Crippen LogP contribution in [0.4, 0.5) is 5.69 Å². The minimum atomic E-state index is -0.464. The molecule has 21 heavy (non-hydrogen) atoms. The average Bonchev–Trinajstić information content (AvgIpc) is 2.45. The summed E-state index contributed by atoms with van der Waals surface area (Å²) < 4.78 is 0. The number of carbonyl (C=O) groups is 1. The SMILES string of the molecule is Cc1cc(C(=O)NCc2ncccc2C)ccc1[N+](=O)[O-]. The number of pyridine rings is 1. The Morgan fingerprint density at radius 3 is 2.67 bits per heavy atom. The van der Waals surface area contributed by atoms with Crippen LogP contribution in [0, 0.1) is 24.0 Å². The fraction of sp³-hybridized carbons (Fsp3) is 0.200. The quantitative estimate of drug-likeness (QED) is 0.691. The van der Waals surface area contributed by atoms with Crippen LogP contribution in [-0.4, -0.2) is 15.8 Å². The summed E-state index contributed by atoms with van der Waals surface area (Å²) >= 11 is 0. The molecule has 2 rings (SSSR count). The molecule has 0 bridgehead atoms. The lowest BCUT2D eigenvalue weighted by atomic mass is 10.1. The van der Waals surface area contributed by atoms with E-state index in [1.165, 1.54) is 18.2 Å². The largest absolute Gasteiger partial charge is 0.346 e. The zero-order valence-electron chi connectivity index (χ0n) is 11.8. The van der Waals surface area contributed by atoms with Crippen molar-refractivity contribution in [3.63, 3.8) is 0 Å². The fourth-order valence-corrected chi connectivity index (χ4v) is 1.97. The van der Waals surface area contributed by atoms with Gasteiger partial charge < -0.3 is 5.32 Å². The zero-order chi connectivity index (χ0) is 15.4. The van der Waals surface area contributed by atoms with E-state index in [0.29, 0.717) is 17.7 Å². The van der Waals surface area contributed by atoms with Crippen molar-refractivity contribution < 1.29 is 9.72 Å². The van der Waals surface area contributed by atoms with Gasteiger partial charge >= 0.3 is 0 Å². The maximum absolute atomic E-state index is 12.1. The predicted octanol–water partition coefficient (Wildman–Crippen LogP) is 2.54. The number of amides is 1. The molecule has 0 aliphatic heterocycles. The number of nitrogens with zero attached hydrogens (tertiary/aromatic N) is 2. The smallest absolute Gasteiger partial charge is 0.272 e. The first-order chi connectivity index (χ1) is 9.99. The van der Waals surface area contributed by atoms with Crippen molar-refractivity contribution in [2.24, 2.45) is 0 Å². The van der Waals surface area contributed by atoms with Crippen molar-refractivity contribution in [3.05, 3.63) is 69.0 Å². The highest BCUT2D eigenvalue weighted by molar-refractivity contribution is 5.94. The van der Waals surface area contributed by atoms with Crippen molar-refractivity contribution in [2.75, 3.05) is 0 Å². The van der Waals surface area contributed by atoms with E-state index in [-0.39, 0.29) is 11.6 Å². The number of aryl methyl sites for hydroxylation is 2. The first-order valence-corrected chi connectivity index (χ1v) is 6.43. The summed E-state index contributed by atoms with van der Waals surface area (Å²) in [5.41, 5.74) is 2.66. The van der Waals surface area contributed by atoms with Crippen LogP contribution in [0.3, 0.4) is 0 Å². The van der Waals surface area contributed by atoms with Crippen LogP contribution in [0.2, 0.25) is 0 Å². The molecular weight excluding hydrogens is 270 g/mol. The molecule has 1 amide bonds. The van der Waals surface area contributed by atoms with Crippen LogP contribution < -0.4 is 5.32 Å². The van der Waals surface area contributed by atoms with Crippen LogP contribution >= 0.6 is 0 Å². The van der Waals surface area contributed by atoms with Gasteiger partial charge in [0.2, 0.25) is 0 Å². The van der Waals surface area contributed by atoms with E-state index in [1.54, 1.807) is 13.1 Å². The Morgan fingerprint density at radius 1 is 1.29 bits per heavy atom. The van der Waals surface area contributed by atoms with Gasteiger partial charge in [-0.3, -0.25) is 19.9 Å². The monoisotopic (exact) mass is 285 g/mol. The molecule has 6 heteroatoms. The molecule has 0 spiro atoms. The first kappa shape index (κ1) is 14.6. The molecule has 108 valence electrons. The van der Waals surface area contributed by atoms with Gasteiger partial charge in [-0.05, 0) is 37.6 Å². The highest BCUT2D eigenvalue weighted by atomic mass is 16.6. The maximum atomic E-state index is 12.1. The number of nitro groups is 1. The molecule has 1 aromatic heterocycles. The summed E-state index contributed by atoms with van der Waals surface area (Å²) in [7, 11) is 0. The second-order valence-corrected chi connectivity index (χ2v) is 4.71. The Balaban J connectivity index is 2.09. The van der Waals surface area contributed by atoms with Crippen LogP contribution in [0.15, 0.2) is 36.5 Å². The Hall–Kier alpha value is -2.76. The minimum Gasteiger partial charge on any atom is -0.346 e. The lowest BCUT2D eigenvalue weighted by Crippen LogP contribution is -2.23. The third kappa shape index (κ3) is 3.42. The summed E-state index contributed by atoms with van der Waals surface area (Å²) in [5, 5.41) is 13.5. The molecule has 0 saturated carbocycles. The van der Waals surface area contributed by atoms with Gasteiger partial charge in [0.15, 0.2) is 0 Å². The number of carbonyl (C=O) groups excluding carboxylic acids is 1. The minimum absolute atomic E-state index is 0.00659. The molecule has 0 aliphatic carbocycles. The molecule has 0 unspecified atom stereocenters. The summed E-state index contributed by atoms with van der Waals surface area (Å²) in [4.78, 5) is 26.5. The zero-order valence-corrected chi connectivity index (χ0v) is 11.8. The molecular formula is C15H15N3O3. The van der Waals surface area contributed by atoms with E-state index in [9.17, 15) is 14.9 Å². The van der Waals surface area contributed by atoms with Crippen molar-refractivity contribution in [1.82, 2.24) is 10.3 Å². The molecule has 2 aromatic rings. The van der Waals surface area contributed by atoms with Gasteiger partial charge in [0.1, 0.15) is 0 Å². The summed E-state index contributed by atoms with van der Waals surface area (Å²) in [5.74, 6) is -0.280. The standard InChI is InChI=1S/C15H15N3O3/c1-10-4-3-7-16-13(10)9-17-15(19)12-5-6-14(18(20)21)11(2)8-12/h3-8H,9H2,1-2H3,(H,17,19). The van der Waals surface area contributed by atoms with Gasteiger partial charge in [-0.2, -0.15) is 0 Å². The number of aromatic nitrogens is 1. The van der Waals surface area contributed by atoms with E-state index in [4.69, 9.17) is 0 Å². The molecule has 0 radical (unpaired) electrons. The lowest BCUT2D eigenvalue weighted by molar-refractivity contribution is -0.385. The highest BCUT2D eigenvalue weighted by Gasteiger charge is 2.13. The molecule has 0 aliphatic rings. The van der Waals surface area contributed by atoms with Gasteiger partial charge in [-0.15, -0.1) is 0 Å². The molecule has 1 heterocycles. The van der Waals surface area contributed by atoms with E-state index < -0.39 is 4.92 Å². The van der Waals surface area contributed by atoms with E-state index in [2.05, 4.69) is 10.3 Å². The van der Waals surface area contributed by atoms with Gasteiger partial charge in [-0.1, -0.05) is 6.07 Å². The van der Waals surface area contributed by atoms with Gasteiger partial charge in [0.25, 0.3) is 11.6 Å². The van der Waals surface area contributed by atoms with Gasteiger partial charge in [-0.25, -0.2) is 0 Å². The number of hydrogen-bond donors (Lipinski definition) is 1. The van der Waals surface area contributed by atoms with Crippen LogP contribution in [0.25, 0.3) is 0 Å². The normalized spacial score (nSPS) is 10.2. The van der Waals surface area contributed by atoms with Crippen molar-refractivity contribution in [3.8, 4) is 0 Å². The number of benzene rings is 1. The number of nitrogens with one attached hydrogen (secondary N) is 1. The van der Waals surface area contributed by atoms with Crippen molar-refractivity contribution in [2.45, 2.75) is 20.4 Å². The van der Waals surface area contributed by atoms with Crippen molar-refractivity contribution in [1.29, 1.82) is 0 Å². The predicted molar refractivity (Wildman–Crippen MR) is 78.0 cm³/mol. The third-order valence-electron chi connectivity index (χ3n) is 3.19. The highest BCUT2D eigenvalue weighted by Crippen LogP contribution is 2.18. The molecule has 6 nitrogen and oxygen atoms in total. The molecule has 1 aromatic carbocycles. The van der Waals surface area contributed by atoms with E-state index in [1.807, 2.05) is 19.1 Å². The summed E-state index contributed by atoms with van der Waals surface area (Å²) in [6.45, 7) is 3.85. The van der Waals surface area contributed by atoms with E-state index in [0.717, 1.165) is 11.3 Å². The number of hydrogen-bond acceptors (Lipinski definition) is 4. The topological polar surface area (TPSA) is 85.1 Å². The average molecular weight is 285 g/mol. The first-order valence-electron chi connectivity index (χ1n) is 6.43. The third-order valence-corrected chi connectivity index (χ3v) is 3.19. The Bertz CT molecular complexity index is 698. The van der Waals surface area contributed by atoms with Crippen LogP contribution in [-0.2, 0) is 6.54 Å². The Labute approximate surface area is 122 Å². The second-order valence-electron chi connectivity index (χ2n) is 4.71.